The van der Waals surface area contributed by atoms with Crippen LogP contribution in [0.3, 0.4) is 0 Å². The summed E-state index contributed by atoms with van der Waals surface area (Å²) in [5.74, 6) is -0.608. The van der Waals surface area contributed by atoms with Crippen molar-refractivity contribution in [2.45, 2.75) is 11.8 Å². The lowest BCUT2D eigenvalue weighted by Crippen LogP contribution is -2.19. The number of anilines is 1. The molecule has 0 fully saturated rings. The molecule has 1 rings (SSSR count). The van der Waals surface area contributed by atoms with Gasteiger partial charge in [0, 0.05) is 12.1 Å². The van der Waals surface area contributed by atoms with Crippen LogP contribution in [0.15, 0.2) is 18.2 Å². The minimum atomic E-state index is -0.605. The van der Waals surface area contributed by atoms with Crippen molar-refractivity contribution in [3.63, 3.8) is 0 Å². The first-order valence-electron chi connectivity index (χ1n) is 4.34. The monoisotopic (exact) mass is 288 g/mol. The highest BCUT2D eigenvalue weighted by Crippen LogP contribution is 2.28. The SMILES string of the molecule is CC(Br)C(=O)Nc1cc([N+](=O)[O-])ccc1O. The van der Waals surface area contributed by atoms with E-state index >= 15 is 0 Å². The number of carbonyl (C=O) groups is 1. The maximum atomic E-state index is 11.3. The molecule has 6 nitrogen and oxygen atoms in total. The molecule has 0 aliphatic heterocycles. The normalized spacial score (nSPS) is 11.9. The molecule has 16 heavy (non-hydrogen) atoms. The number of phenolic OH excluding ortho intramolecular Hbond substituents is 1. The van der Waals surface area contributed by atoms with Gasteiger partial charge >= 0.3 is 0 Å². The van der Waals surface area contributed by atoms with Gasteiger partial charge in [0.05, 0.1) is 15.4 Å². The predicted molar refractivity (Wildman–Crippen MR) is 61.8 cm³/mol. The van der Waals surface area contributed by atoms with Crippen molar-refractivity contribution < 1.29 is 14.8 Å². The van der Waals surface area contributed by atoms with Gasteiger partial charge in [-0.15, -0.1) is 0 Å². The summed E-state index contributed by atoms with van der Waals surface area (Å²) in [5, 5.41) is 22.2. The first-order valence-corrected chi connectivity index (χ1v) is 5.25. The summed E-state index contributed by atoms with van der Waals surface area (Å²) in [6, 6.07) is 3.41. The molecule has 0 spiro atoms. The molecule has 0 saturated heterocycles. The molecule has 0 aliphatic rings. The van der Waals surface area contributed by atoms with E-state index in [0.717, 1.165) is 18.2 Å². The Morgan fingerprint density at radius 3 is 2.75 bits per heavy atom. The van der Waals surface area contributed by atoms with Crippen LogP contribution in [0.25, 0.3) is 0 Å². The molecule has 1 atom stereocenters. The third-order valence-corrected chi connectivity index (χ3v) is 2.23. The smallest absolute Gasteiger partial charge is 0.271 e. The Balaban J connectivity index is 2.99. The highest BCUT2D eigenvalue weighted by atomic mass is 79.9. The Morgan fingerprint density at radius 1 is 1.62 bits per heavy atom. The Hall–Kier alpha value is -1.63. The van der Waals surface area contributed by atoms with Crippen molar-refractivity contribution in [3.8, 4) is 5.75 Å². The van der Waals surface area contributed by atoms with Gasteiger partial charge in [0.25, 0.3) is 5.69 Å². The van der Waals surface area contributed by atoms with Gasteiger partial charge in [0.15, 0.2) is 0 Å². The van der Waals surface area contributed by atoms with Crippen molar-refractivity contribution in [2.24, 2.45) is 0 Å². The number of non-ortho nitro benzene ring substituents is 1. The molecule has 0 saturated carbocycles. The number of phenols is 1. The number of benzene rings is 1. The van der Waals surface area contributed by atoms with Crippen molar-refractivity contribution in [1.29, 1.82) is 0 Å². The second-order valence-corrected chi connectivity index (χ2v) is 4.44. The summed E-state index contributed by atoms with van der Waals surface area (Å²) >= 11 is 3.04. The Morgan fingerprint density at radius 2 is 2.25 bits per heavy atom. The fraction of sp³-hybridized carbons (Fsp3) is 0.222. The number of carbonyl (C=O) groups excluding carboxylic acids is 1. The van der Waals surface area contributed by atoms with E-state index in [1.54, 1.807) is 6.92 Å². The first kappa shape index (κ1) is 12.4. The maximum absolute atomic E-state index is 11.3. The van der Waals surface area contributed by atoms with Crippen LogP contribution in [0.2, 0.25) is 0 Å². The summed E-state index contributed by atoms with van der Waals surface area (Å²) in [4.78, 5) is 20.7. The summed E-state index contributed by atoms with van der Waals surface area (Å²) in [6.45, 7) is 1.60. The molecule has 1 aromatic carbocycles. The van der Waals surface area contributed by atoms with Gasteiger partial charge in [-0.2, -0.15) is 0 Å². The van der Waals surface area contributed by atoms with Crippen LogP contribution in [-0.4, -0.2) is 20.8 Å². The first-order chi connectivity index (χ1) is 7.41. The van der Waals surface area contributed by atoms with Crippen molar-refractivity contribution in [2.75, 3.05) is 5.32 Å². The third kappa shape index (κ3) is 2.93. The van der Waals surface area contributed by atoms with Crippen LogP contribution in [-0.2, 0) is 4.79 Å². The molecule has 1 aromatic rings. The van der Waals surface area contributed by atoms with E-state index in [4.69, 9.17) is 0 Å². The van der Waals surface area contributed by atoms with E-state index < -0.39 is 15.7 Å². The minimum absolute atomic E-state index is 0.0190. The molecule has 7 heteroatoms. The van der Waals surface area contributed by atoms with Crippen molar-refractivity contribution >= 4 is 33.2 Å². The number of nitro benzene ring substituents is 1. The Kier molecular flexibility index (Phi) is 3.83. The number of rotatable bonds is 3. The molecule has 1 unspecified atom stereocenters. The van der Waals surface area contributed by atoms with E-state index in [0.29, 0.717) is 0 Å². The van der Waals surface area contributed by atoms with Crippen molar-refractivity contribution in [1.82, 2.24) is 0 Å². The Labute approximate surface area is 99.6 Å². The zero-order valence-corrected chi connectivity index (χ0v) is 9.89. The summed E-state index contributed by atoms with van der Waals surface area (Å²) in [6.07, 6.45) is 0. The zero-order valence-electron chi connectivity index (χ0n) is 8.31. The number of amides is 1. The van der Waals surface area contributed by atoms with Gasteiger partial charge in [-0.1, -0.05) is 15.9 Å². The van der Waals surface area contributed by atoms with Gasteiger partial charge in [-0.05, 0) is 13.0 Å². The van der Waals surface area contributed by atoms with Gasteiger partial charge in [-0.25, -0.2) is 0 Å². The fourth-order valence-electron chi connectivity index (χ4n) is 0.970. The third-order valence-electron chi connectivity index (χ3n) is 1.81. The fourth-order valence-corrected chi connectivity index (χ4v) is 1.08. The molecule has 2 N–H and O–H groups in total. The maximum Gasteiger partial charge on any atom is 0.271 e. The van der Waals surface area contributed by atoms with Crippen LogP contribution in [0, 0.1) is 10.1 Å². The summed E-state index contributed by atoms with van der Waals surface area (Å²) < 4.78 is 0. The van der Waals surface area contributed by atoms with Gasteiger partial charge in [0.2, 0.25) is 5.91 Å². The van der Waals surface area contributed by atoms with Gasteiger partial charge in [-0.3, -0.25) is 14.9 Å². The van der Waals surface area contributed by atoms with E-state index in [-0.39, 0.29) is 17.1 Å². The summed E-state index contributed by atoms with van der Waals surface area (Å²) in [5.41, 5.74) is -0.180. The van der Waals surface area contributed by atoms with Gasteiger partial charge in [0.1, 0.15) is 5.75 Å². The quantitative estimate of drug-likeness (QED) is 0.385. The second-order valence-electron chi connectivity index (χ2n) is 3.06. The largest absolute Gasteiger partial charge is 0.506 e. The number of halogens is 1. The molecular weight excluding hydrogens is 280 g/mol. The lowest BCUT2D eigenvalue weighted by Gasteiger charge is -2.08. The molecule has 86 valence electrons. The number of hydrogen-bond acceptors (Lipinski definition) is 4. The van der Waals surface area contributed by atoms with Crippen LogP contribution >= 0.6 is 15.9 Å². The number of alkyl halides is 1. The molecule has 0 radical (unpaired) electrons. The number of nitrogens with one attached hydrogen (secondary N) is 1. The predicted octanol–water partition coefficient (Wildman–Crippen LogP) is 2.02. The lowest BCUT2D eigenvalue weighted by molar-refractivity contribution is -0.384. The topological polar surface area (TPSA) is 92.5 Å². The highest BCUT2D eigenvalue weighted by molar-refractivity contribution is 9.10. The second kappa shape index (κ2) is 4.93. The Bertz CT molecular complexity index is 434. The van der Waals surface area contributed by atoms with E-state index in [1.165, 1.54) is 0 Å². The molecule has 0 bridgehead atoms. The van der Waals surface area contributed by atoms with Crippen LogP contribution < -0.4 is 5.32 Å². The molecule has 0 aliphatic carbocycles. The number of nitro groups is 1. The number of hydrogen-bond donors (Lipinski definition) is 2. The minimum Gasteiger partial charge on any atom is -0.506 e. The average molecular weight is 289 g/mol. The number of nitrogens with zero attached hydrogens (tertiary/aromatic N) is 1. The summed E-state index contributed by atoms with van der Waals surface area (Å²) in [7, 11) is 0. The molecule has 0 heterocycles. The zero-order chi connectivity index (χ0) is 12.3. The van der Waals surface area contributed by atoms with E-state index in [9.17, 15) is 20.0 Å². The standard InChI is InChI=1S/C9H9BrN2O4/c1-5(10)9(14)11-7-4-6(12(15)16)2-3-8(7)13/h2-5,13H,1H3,(H,11,14). The van der Waals surface area contributed by atoms with Crippen molar-refractivity contribution in [3.05, 3.63) is 28.3 Å². The molecule has 0 aromatic heterocycles. The van der Waals surface area contributed by atoms with E-state index in [1.807, 2.05) is 0 Å². The lowest BCUT2D eigenvalue weighted by atomic mass is 10.2. The average Bonchev–Trinajstić information content (AvgIpc) is 2.20. The highest BCUT2D eigenvalue weighted by Gasteiger charge is 2.14. The van der Waals surface area contributed by atoms with E-state index in [2.05, 4.69) is 21.2 Å². The number of aromatic hydroxyl groups is 1. The molecular formula is C9H9BrN2O4. The van der Waals surface area contributed by atoms with Crippen LogP contribution in [0.5, 0.6) is 5.75 Å². The van der Waals surface area contributed by atoms with Crippen LogP contribution in [0.1, 0.15) is 6.92 Å². The molecule has 1 amide bonds. The van der Waals surface area contributed by atoms with Crippen LogP contribution in [0.4, 0.5) is 11.4 Å². The van der Waals surface area contributed by atoms with Gasteiger partial charge < -0.3 is 10.4 Å².